The molecule has 0 fully saturated rings. The summed E-state index contributed by atoms with van der Waals surface area (Å²) in [5.74, 6) is 1.58. The van der Waals surface area contributed by atoms with Crippen molar-refractivity contribution in [2.45, 2.75) is 46.2 Å². The minimum Gasteiger partial charge on any atom is -0.383 e. The molecule has 5 heteroatoms. The summed E-state index contributed by atoms with van der Waals surface area (Å²) < 4.78 is 7.04. The van der Waals surface area contributed by atoms with Crippen LogP contribution < -0.4 is 5.32 Å². The first-order chi connectivity index (χ1) is 8.56. The van der Waals surface area contributed by atoms with Gasteiger partial charge in [-0.25, -0.2) is 9.67 Å². The molecule has 0 spiro atoms. The molecule has 1 heterocycles. The average Bonchev–Trinajstić information content (AvgIpc) is 2.77. The first-order valence-corrected chi connectivity index (χ1v) is 6.67. The van der Waals surface area contributed by atoms with Crippen molar-refractivity contribution in [1.82, 2.24) is 20.1 Å². The lowest BCUT2D eigenvalue weighted by Gasteiger charge is -2.21. The fraction of sp³-hybridized carbons (Fsp3) is 0.846. The van der Waals surface area contributed by atoms with E-state index in [-0.39, 0.29) is 0 Å². The van der Waals surface area contributed by atoms with Crippen molar-refractivity contribution in [3.8, 4) is 0 Å². The summed E-state index contributed by atoms with van der Waals surface area (Å²) >= 11 is 0. The Kier molecular flexibility index (Phi) is 6.29. The van der Waals surface area contributed by atoms with Crippen LogP contribution in [0.3, 0.4) is 0 Å². The van der Waals surface area contributed by atoms with Crippen LogP contribution in [0.4, 0.5) is 0 Å². The standard InChI is InChI=1S/C13H26N4O/c1-10(2)17-13(15-9-16-17)8-11(3)12(4)14-6-7-18-5/h9-12,14H,6-8H2,1-5H3. The summed E-state index contributed by atoms with van der Waals surface area (Å²) in [6.45, 7) is 10.3. The topological polar surface area (TPSA) is 52.0 Å². The van der Waals surface area contributed by atoms with Gasteiger partial charge in [-0.05, 0) is 26.7 Å². The number of hydrogen-bond acceptors (Lipinski definition) is 4. The van der Waals surface area contributed by atoms with Gasteiger partial charge < -0.3 is 10.1 Å². The molecule has 2 unspecified atom stereocenters. The van der Waals surface area contributed by atoms with Crippen LogP contribution in [0.5, 0.6) is 0 Å². The number of methoxy groups -OCH3 is 1. The van der Waals surface area contributed by atoms with Gasteiger partial charge in [0, 0.05) is 32.2 Å². The molecule has 0 amide bonds. The summed E-state index contributed by atoms with van der Waals surface area (Å²) in [7, 11) is 1.72. The van der Waals surface area contributed by atoms with Gasteiger partial charge in [-0.15, -0.1) is 0 Å². The van der Waals surface area contributed by atoms with Crippen LogP contribution in [0.15, 0.2) is 6.33 Å². The van der Waals surface area contributed by atoms with Crippen molar-refractivity contribution >= 4 is 0 Å². The molecule has 0 aromatic carbocycles. The molecule has 0 aliphatic heterocycles. The first-order valence-electron chi connectivity index (χ1n) is 6.67. The lowest BCUT2D eigenvalue weighted by Crippen LogP contribution is -2.35. The maximum Gasteiger partial charge on any atom is 0.138 e. The van der Waals surface area contributed by atoms with Crippen LogP contribution in [0.2, 0.25) is 0 Å². The monoisotopic (exact) mass is 254 g/mol. The zero-order valence-electron chi connectivity index (χ0n) is 12.2. The van der Waals surface area contributed by atoms with Crippen LogP contribution in [-0.2, 0) is 11.2 Å². The molecule has 1 rings (SSSR count). The van der Waals surface area contributed by atoms with Crippen molar-refractivity contribution in [2.24, 2.45) is 5.92 Å². The Hall–Kier alpha value is -0.940. The first kappa shape index (κ1) is 15.1. The van der Waals surface area contributed by atoms with Crippen LogP contribution in [0.25, 0.3) is 0 Å². The lowest BCUT2D eigenvalue weighted by molar-refractivity contribution is 0.192. The van der Waals surface area contributed by atoms with E-state index < -0.39 is 0 Å². The van der Waals surface area contributed by atoms with Gasteiger partial charge in [0.15, 0.2) is 0 Å². The Balaban J connectivity index is 2.47. The van der Waals surface area contributed by atoms with Crippen LogP contribution in [0, 0.1) is 5.92 Å². The Morgan fingerprint density at radius 1 is 1.33 bits per heavy atom. The highest BCUT2D eigenvalue weighted by Crippen LogP contribution is 2.13. The highest BCUT2D eigenvalue weighted by atomic mass is 16.5. The van der Waals surface area contributed by atoms with E-state index in [0.29, 0.717) is 18.0 Å². The molecule has 0 bridgehead atoms. The van der Waals surface area contributed by atoms with Crippen molar-refractivity contribution in [3.63, 3.8) is 0 Å². The normalized spacial score (nSPS) is 15.0. The number of aromatic nitrogens is 3. The Bertz CT molecular complexity index is 337. The van der Waals surface area contributed by atoms with E-state index in [1.807, 2.05) is 4.68 Å². The van der Waals surface area contributed by atoms with Gasteiger partial charge in [-0.3, -0.25) is 0 Å². The Morgan fingerprint density at radius 2 is 2.06 bits per heavy atom. The molecule has 1 N–H and O–H groups in total. The van der Waals surface area contributed by atoms with E-state index >= 15 is 0 Å². The lowest BCUT2D eigenvalue weighted by atomic mass is 9.99. The van der Waals surface area contributed by atoms with E-state index in [1.54, 1.807) is 13.4 Å². The molecule has 0 saturated carbocycles. The highest BCUT2D eigenvalue weighted by Gasteiger charge is 2.16. The van der Waals surface area contributed by atoms with Gasteiger partial charge in [0.05, 0.1) is 6.61 Å². The second-order valence-electron chi connectivity index (χ2n) is 5.13. The highest BCUT2D eigenvalue weighted by molar-refractivity contribution is 4.90. The van der Waals surface area contributed by atoms with Crippen molar-refractivity contribution < 1.29 is 4.74 Å². The molecule has 2 atom stereocenters. The largest absolute Gasteiger partial charge is 0.383 e. The minimum absolute atomic E-state index is 0.367. The predicted molar refractivity (Wildman–Crippen MR) is 72.6 cm³/mol. The predicted octanol–water partition coefficient (Wildman–Crippen LogP) is 1.66. The minimum atomic E-state index is 0.367. The van der Waals surface area contributed by atoms with Crippen molar-refractivity contribution in [2.75, 3.05) is 20.3 Å². The Labute approximate surface area is 110 Å². The number of ether oxygens (including phenoxy) is 1. The van der Waals surface area contributed by atoms with Crippen molar-refractivity contribution in [1.29, 1.82) is 0 Å². The fourth-order valence-corrected chi connectivity index (χ4v) is 1.91. The maximum atomic E-state index is 5.04. The smallest absolute Gasteiger partial charge is 0.138 e. The molecule has 0 radical (unpaired) electrons. The number of nitrogens with zero attached hydrogens (tertiary/aromatic N) is 3. The molecule has 1 aromatic rings. The third-order valence-corrected chi connectivity index (χ3v) is 3.27. The number of rotatable bonds is 8. The van der Waals surface area contributed by atoms with Crippen LogP contribution in [-0.4, -0.2) is 41.1 Å². The molecule has 104 valence electrons. The second kappa shape index (κ2) is 7.48. The average molecular weight is 254 g/mol. The van der Waals surface area contributed by atoms with Gasteiger partial charge in [0.2, 0.25) is 0 Å². The van der Waals surface area contributed by atoms with E-state index in [4.69, 9.17) is 4.74 Å². The molecule has 18 heavy (non-hydrogen) atoms. The van der Waals surface area contributed by atoms with Gasteiger partial charge in [0.1, 0.15) is 12.2 Å². The third kappa shape index (κ3) is 4.38. The fourth-order valence-electron chi connectivity index (χ4n) is 1.91. The zero-order chi connectivity index (χ0) is 13.5. The second-order valence-corrected chi connectivity index (χ2v) is 5.13. The van der Waals surface area contributed by atoms with Gasteiger partial charge in [-0.2, -0.15) is 5.10 Å². The van der Waals surface area contributed by atoms with Crippen molar-refractivity contribution in [3.05, 3.63) is 12.2 Å². The molecule has 0 aliphatic carbocycles. The molecule has 1 aromatic heterocycles. The number of nitrogens with one attached hydrogen (secondary N) is 1. The molecular weight excluding hydrogens is 228 g/mol. The summed E-state index contributed by atoms with van der Waals surface area (Å²) in [5.41, 5.74) is 0. The summed E-state index contributed by atoms with van der Waals surface area (Å²) in [5, 5.41) is 7.73. The van der Waals surface area contributed by atoms with Gasteiger partial charge in [0.25, 0.3) is 0 Å². The van der Waals surface area contributed by atoms with Gasteiger partial charge in [-0.1, -0.05) is 6.92 Å². The quantitative estimate of drug-likeness (QED) is 0.717. The van der Waals surface area contributed by atoms with E-state index in [9.17, 15) is 0 Å². The maximum absolute atomic E-state index is 5.04. The summed E-state index contributed by atoms with van der Waals surface area (Å²) in [6.07, 6.45) is 2.59. The molecular formula is C13H26N4O. The molecule has 5 nitrogen and oxygen atoms in total. The van der Waals surface area contributed by atoms with E-state index in [1.165, 1.54) is 0 Å². The third-order valence-electron chi connectivity index (χ3n) is 3.27. The van der Waals surface area contributed by atoms with Gasteiger partial charge >= 0.3 is 0 Å². The van der Waals surface area contributed by atoms with Crippen LogP contribution >= 0.6 is 0 Å². The van der Waals surface area contributed by atoms with E-state index in [2.05, 4.69) is 43.1 Å². The molecule has 0 saturated heterocycles. The number of hydrogen-bond donors (Lipinski definition) is 1. The van der Waals surface area contributed by atoms with E-state index in [0.717, 1.165) is 25.4 Å². The molecule has 0 aliphatic rings. The SMILES string of the molecule is COCCNC(C)C(C)Cc1ncnn1C(C)C. The Morgan fingerprint density at radius 3 is 2.67 bits per heavy atom. The summed E-state index contributed by atoms with van der Waals surface area (Å²) in [6, 6.07) is 0.809. The summed E-state index contributed by atoms with van der Waals surface area (Å²) in [4.78, 5) is 4.36. The van der Waals surface area contributed by atoms with Crippen LogP contribution in [0.1, 0.15) is 39.6 Å². The zero-order valence-corrected chi connectivity index (χ0v) is 12.2.